The molecule has 1 unspecified atom stereocenters. The molecule has 19 heavy (non-hydrogen) atoms. The molecule has 0 spiro atoms. The molecule has 5 heteroatoms. The van der Waals surface area contributed by atoms with Gasteiger partial charge in [0.05, 0.1) is 10.3 Å². The second-order valence-electron chi connectivity index (χ2n) is 4.89. The molecule has 1 aromatic rings. The van der Waals surface area contributed by atoms with Gasteiger partial charge in [-0.05, 0) is 31.9 Å². The van der Waals surface area contributed by atoms with Gasteiger partial charge in [0.1, 0.15) is 5.03 Å². The van der Waals surface area contributed by atoms with Crippen LogP contribution in [0.2, 0.25) is 5.02 Å². The van der Waals surface area contributed by atoms with Crippen molar-refractivity contribution in [3.63, 3.8) is 0 Å². The second kappa shape index (κ2) is 7.15. The average Bonchev–Trinajstić information content (AvgIpc) is 2.42. The maximum atomic E-state index is 12.1. The molecule has 1 heterocycles. The van der Waals surface area contributed by atoms with Crippen molar-refractivity contribution in [2.45, 2.75) is 55.3 Å². The van der Waals surface area contributed by atoms with E-state index in [0.717, 1.165) is 17.9 Å². The lowest BCUT2D eigenvalue weighted by Gasteiger charge is -2.24. The Balaban J connectivity index is 1.87. The molecule has 0 saturated heterocycles. The van der Waals surface area contributed by atoms with Gasteiger partial charge in [-0.1, -0.05) is 42.6 Å². The number of hydrogen-bond donors (Lipinski definition) is 1. The lowest BCUT2D eigenvalue weighted by atomic mass is 9.95. The molecule has 0 aliphatic heterocycles. The highest BCUT2D eigenvalue weighted by molar-refractivity contribution is 8.00. The highest BCUT2D eigenvalue weighted by Crippen LogP contribution is 2.28. The van der Waals surface area contributed by atoms with Crippen molar-refractivity contribution in [3.8, 4) is 0 Å². The van der Waals surface area contributed by atoms with Gasteiger partial charge >= 0.3 is 0 Å². The maximum absolute atomic E-state index is 12.1. The third-order valence-electron chi connectivity index (χ3n) is 3.33. The van der Waals surface area contributed by atoms with Crippen LogP contribution < -0.4 is 5.32 Å². The van der Waals surface area contributed by atoms with Crippen molar-refractivity contribution in [2.75, 3.05) is 0 Å². The first-order valence-electron chi connectivity index (χ1n) is 6.74. The van der Waals surface area contributed by atoms with Crippen molar-refractivity contribution in [1.29, 1.82) is 0 Å². The fourth-order valence-corrected chi connectivity index (χ4v) is 3.31. The Kier molecular flexibility index (Phi) is 5.52. The minimum absolute atomic E-state index is 0.0821. The van der Waals surface area contributed by atoms with Crippen LogP contribution in [0.5, 0.6) is 0 Å². The number of halogens is 1. The van der Waals surface area contributed by atoms with E-state index in [1.165, 1.54) is 31.0 Å². The average molecular weight is 299 g/mol. The highest BCUT2D eigenvalue weighted by atomic mass is 35.5. The van der Waals surface area contributed by atoms with Crippen molar-refractivity contribution >= 4 is 29.3 Å². The quantitative estimate of drug-likeness (QED) is 0.863. The zero-order chi connectivity index (χ0) is 13.7. The fraction of sp³-hybridized carbons (Fsp3) is 0.571. The normalized spacial score (nSPS) is 18.0. The van der Waals surface area contributed by atoms with Crippen LogP contribution >= 0.6 is 23.4 Å². The SMILES string of the molecule is CC(Sc1ncccc1Cl)C(=O)NC1CCCCC1. The summed E-state index contributed by atoms with van der Waals surface area (Å²) in [6.07, 6.45) is 7.64. The van der Waals surface area contributed by atoms with Gasteiger partial charge in [0.2, 0.25) is 5.91 Å². The summed E-state index contributed by atoms with van der Waals surface area (Å²) < 4.78 is 0. The summed E-state index contributed by atoms with van der Waals surface area (Å²) in [5, 5.41) is 4.28. The van der Waals surface area contributed by atoms with Gasteiger partial charge in [0.15, 0.2) is 0 Å². The Morgan fingerprint density at radius 3 is 2.89 bits per heavy atom. The van der Waals surface area contributed by atoms with E-state index < -0.39 is 0 Å². The minimum Gasteiger partial charge on any atom is -0.352 e. The van der Waals surface area contributed by atoms with Crippen molar-refractivity contribution < 1.29 is 4.79 Å². The van der Waals surface area contributed by atoms with Gasteiger partial charge in [0.25, 0.3) is 0 Å². The minimum atomic E-state index is -0.172. The van der Waals surface area contributed by atoms with E-state index in [9.17, 15) is 4.79 Å². The Hall–Kier alpha value is -0.740. The lowest BCUT2D eigenvalue weighted by molar-refractivity contribution is -0.121. The van der Waals surface area contributed by atoms with Crippen LogP contribution in [-0.4, -0.2) is 22.2 Å². The molecule has 1 fully saturated rings. The molecule has 1 atom stereocenters. The van der Waals surface area contributed by atoms with E-state index >= 15 is 0 Å². The number of carbonyl (C=O) groups is 1. The molecule has 1 aliphatic carbocycles. The number of amides is 1. The molecule has 1 N–H and O–H groups in total. The molecule has 1 aliphatic rings. The van der Waals surface area contributed by atoms with E-state index in [1.807, 2.05) is 6.92 Å². The summed E-state index contributed by atoms with van der Waals surface area (Å²) in [6, 6.07) is 3.94. The maximum Gasteiger partial charge on any atom is 0.233 e. The van der Waals surface area contributed by atoms with Gasteiger partial charge in [-0.15, -0.1) is 0 Å². The van der Waals surface area contributed by atoms with Crippen molar-refractivity contribution in [2.24, 2.45) is 0 Å². The summed E-state index contributed by atoms with van der Waals surface area (Å²) in [5.41, 5.74) is 0. The highest BCUT2D eigenvalue weighted by Gasteiger charge is 2.21. The summed E-state index contributed by atoms with van der Waals surface area (Å²) in [4.78, 5) is 16.3. The molecule has 0 bridgehead atoms. The van der Waals surface area contributed by atoms with E-state index in [1.54, 1.807) is 18.3 Å². The molecular weight excluding hydrogens is 280 g/mol. The van der Waals surface area contributed by atoms with Gasteiger partial charge in [-0.25, -0.2) is 4.98 Å². The van der Waals surface area contributed by atoms with Crippen molar-refractivity contribution in [3.05, 3.63) is 23.4 Å². The molecule has 2 rings (SSSR count). The number of rotatable bonds is 4. The van der Waals surface area contributed by atoms with Crippen LogP contribution in [0.1, 0.15) is 39.0 Å². The number of nitrogens with one attached hydrogen (secondary N) is 1. The first kappa shape index (κ1) is 14.7. The van der Waals surface area contributed by atoms with Crippen LogP contribution in [0.3, 0.4) is 0 Å². The molecule has 3 nitrogen and oxygen atoms in total. The Morgan fingerprint density at radius 2 is 2.21 bits per heavy atom. The molecule has 1 aromatic heterocycles. The first-order valence-corrected chi connectivity index (χ1v) is 8.00. The lowest BCUT2D eigenvalue weighted by Crippen LogP contribution is -2.40. The van der Waals surface area contributed by atoms with E-state index in [-0.39, 0.29) is 11.2 Å². The largest absolute Gasteiger partial charge is 0.352 e. The molecule has 1 amide bonds. The van der Waals surface area contributed by atoms with Crippen LogP contribution in [0.25, 0.3) is 0 Å². The summed E-state index contributed by atoms with van der Waals surface area (Å²) in [7, 11) is 0. The fourth-order valence-electron chi connectivity index (χ4n) is 2.24. The van der Waals surface area contributed by atoms with Crippen LogP contribution in [0, 0.1) is 0 Å². The Morgan fingerprint density at radius 1 is 1.47 bits per heavy atom. The molecule has 1 saturated carbocycles. The summed E-state index contributed by atoms with van der Waals surface area (Å²) in [5.74, 6) is 0.0821. The standard InChI is InChI=1S/C14H19ClN2OS/c1-10(19-14-12(15)8-5-9-16-14)13(18)17-11-6-3-2-4-7-11/h5,8-11H,2-4,6-7H2,1H3,(H,17,18). The zero-order valence-electron chi connectivity index (χ0n) is 11.1. The monoisotopic (exact) mass is 298 g/mol. The number of aromatic nitrogens is 1. The first-order chi connectivity index (χ1) is 9.16. The topological polar surface area (TPSA) is 42.0 Å². The van der Waals surface area contributed by atoms with E-state index in [2.05, 4.69) is 10.3 Å². The van der Waals surface area contributed by atoms with Crippen LogP contribution in [-0.2, 0) is 4.79 Å². The van der Waals surface area contributed by atoms with Gasteiger partial charge < -0.3 is 5.32 Å². The number of nitrogens with zero attached hydrogens (tertiary/aromatic N) is 1. The van der Waals surface area contributed by atoms with Crippen LogP contribution in [0.4, 0.5) is 0 Å². The summed E-state index contributed by atoms with van der Waals surface area (Å²) in [6.45, 7) is 1.90. The predicted molar refractivity (Wildman–Crippen MR) is 79.6 cm³/mol. The number of carbonyl (C=O) groups excluding carboxylic acids is 1. The van der Waals surface area contributed by atoms with Crippen LogP contribution in [0.15, 0.2) is 23.4 Å². The van der Waals surface area contributed by atoms with E-state index in [4.69, 9.17) is 11.6 Å². The number of hydrogen-bond acceptors (Lipinski definition) is 3. The molecular formula is C14H19ClN2OS. The Bertz CT molecular complexity index is 435. The predicted octanol–water partition coefficient (Wildman–Crippen LogP) is 3.66. The molecule has 104 valence electrons. The molecule has 0 radical (unpaired) electrons. The smallest absolute Gasteiger partial charge is 0.233 e. The van der Waals surface area contributed by atoms with E-state index in [0.29, 0.717) is 11.1 Å². The Labute approximate surface area is 123 Å². The van der Waals surface area contributed by atoms with Gasteiger partial charge in [-0.2, -0.15) is 0 Å². The number of thioether (sulfide) groups is 1. The molecule has 0 aromatic carbocycles. The van der Waals surface area contributed by atoms with Crippen molar-refractivity contribution in [1.82, 2.24) is 10.3 Å². The number of pyridine rings is 1. The third-order valence-corrected chi connectivity index (χ3v) is 4.87. The second-order valence-corrected chi connectivity index (χ2v) is 6.63. The zero-order valence-corrected chi connectivity index (χ0v) is 12.6. The van der Waals surface area contributed by atoms with Gasteiger partial charge in [-0.3, -0.25) is 4.79 Å². The third kappa shape index (κ3) is 4.39. The van der Waals surface area contributed by atoms with Gasteiger partial charge in [0, 0.05) is 12.2 Å². The summed E-state index contributed by atoms with van der Waals surface area (Å²) >= 11 is 7.46.